The molecule has 0 N–H and O–H groups in total. The summed E-state index contributed by atoms with van der Waals surface area (Å²) >= 11 is 0. The van der Waals surface area contributed by atoms with Crippen LogP contribution in [0.25, 0.3) is 11.0 Å². The van der Waals surface area contributed by atoms with Crippen LogP contribution in [0.1, 0.15) is 30.0 Å². The number of benzene rings is 1. The number of furan rings is 1. The molecule has 16 heavy (non-hydrogen) atoms. The van der Waals surface area contributed by atoms with Gasteiger partial charge in [-0.1, -0.05) is 12.1 Å². The first-order chi connectivity index (χ1) is 7.65. The van der Waals surface area contributed by atoms with Crippen molar-refractivity contribution in [3.63, 3.8) is 0 Å². The number of hydrogen-bond acceptors (Lipinski definition) is 3. The number of para-hydroxylation sites is 1. The van der Waals surface area contributed by atoms with Crippen LogP contribution >= 0.6 is 0 Å². The van der Waals surface area contributed by atoms with Crippen LogP contribution in [0.15, 0.2) is 22.6 Å². The average Bonchev–Trinajstić information content (AvgIpc) is 2.58. The molecule has 0 spiro atoms. The van der Waals surface area contributed by atoms with E-state index >= 15 is 0 Å². The van der Waals surface area contributed by atoms with Crippen molar-refractivity contribution in [2.75, 3.05) is 6.61 Å². The molecular weight excluding hydrogens is 204 g/mol. The molecule has 0 fully saturated rings. The molecule has 0 radical (unpaired) electrons. The number of carbonyl (C=O) groups is 1. The molecule has 0 aliphatic heterocycles. The van der Waals surface area contributed by atoms with Crippen molar-refractivity contribution >= 4 is 16.8 Å². The minimum Gasteiger partial charge on any atom is -0.490 e. The predicted octanol–water partition coefficient (Wildman–Crippen LogP) is 3.34. The zero-order valence-electron chi connectivity index (χ0n) is 9.66. The molecule has 0 saturated heterocycles. The van der Waals surface area contributed by atoms with E-state index in [0.29, 0.717) is 23.7 Å². The third kappa shape index (κ3) is 1.58. The predicted molar refractivity (Wildman–Crippen MR) is 62.1 cm³/mol. The lowest BCUT2D eigenvalue weighted by atomic mass is 10.1. The van der Waals surface area contributed by atoms with Gasteiger partial charge in [0.15, 0.2) is 22.9 Å². The van der Waals surface area contributed by atoms with Gasteiger partial charge in [-0.25, -0.2) is 0 Å². The monoisotopic (exact) mass is 218 g/mol. The van der Waals surface area contributed by atoms with Gasteiger partial charge in [-0.3, -0.25) is 4.79 Å². The second kappa shape index (κ2) is 4.00. The summed E-state index contributed by atoms with van der Waals surface area (Å²) < 4.78 is 11.0. The normalized spacial score (nSPS) is 10.7. The average molecular weight is 218 g/mol. The fraction of sp³-hybridized carbons (Fsp3) is 0.308. The Kier molecular flexibility index (Phi) is 2.69. The highest BCUT2D eigenvalue weighted by molar-refractivity contribution is 6.00. The first-order valence-electron chi connectivity index (χ1n) is 5.31. The van der Waals surface area contributed by atoms with Gasteiger partial charge in [0.1, 0.15) is 0 Å². The Morgan fingerprint density at radius 3 is 2.81 bits per heavy atom. The molecule has 0 saturated carbocycles. The van der Waals surface area contributed by atoms with Gasteiger partial charge in [-0.2, -0.15) is 0 Å². The second-order valence-electron chi connectivity index (χ2n) is 3.68. The van der Waals surface area contributed by atoms with E-state index in [0.717, 1.165) is 10.9 Å². The number of carbonyl (C=O) groups excluding carboxylic acids is 1. The molecule has 0 aliphatic rings. The minimum atomic E-state index is -0.0591. The van der Waals surface area contributed by atoms with Gasteiger partial charge in [0.2, 0.25) is 0 Å². The summed E-state index contributed by atoms with van der Waals surface area (Å²) in [7, 11) is 0. The third-order valence-corrected chi connectivity index (χ3v) is 2.55. The molecule has 0 aliphatic carbocycles. The molecule has 1 aromatic heterocycles. The lowest BCUT2D eigenvalue weighted by molar-refractivity contribution is 0.0988. The molecule has 0 unspecified atom stereocenters. The van der Waals surface area contributed by atoms with Crippen LogP contribution in [0.2, 0.25) is 0 Å². The Morgan fingerprint density at radius 2 is 2.19 bits per heavy atom. The number of ketones is 1. The Morgan fingerprint density at radius 1 is 1.44 bits per heavy atom. The highest BCUT2D eigenvalue weighted by Gasteiger charge is 2.16. The summed E-state index contributed by atoms with van der Waals surface area (Å²) in [6.07, 6.45) is 0. The summed E-state index contributed by atoms with van der Waals surface area (Å²) in [5.74, 6) is 1.05. The van der Waals surface area contributed by atoms with Gasteiger partial charge in [0, 0.05) is 17.9 Å². The molecule has 0 amide bonds. The Hall–Kier alpha value is -1.77. The fourth-order valence-corrected chi connectivity index (χ4v) is 1.82. The van der Waals surface area contributed by atoms with Gasteiger partial charge >= 0.3 is 0 Å². The van der Waals surface area contributed by atoms with E-state index < -0.39 is 0 Å². The van der Waals surface area contributed by atoms with Gasteiger partial charge in [0.25, 0.3) is 0 Å². The highest BCUT2D eigenvalue weighted by atomic mass is 16.5. The summed E-state index contributed by atoms with van der Waals surface area (Å²) in [4.78, 5) is 11.4. The third-order valence-electron chi connectivity index (χ3n) is 2.55. The zero-order chi connectivity index (χ0) is 11.7. The van der Waals surface area contributed by atoms with Crippen LogP contribution in [-0.4, -0.2) is 12.4 Å². The number of hydrogen-bond donors (Lipinski definition) is 0. The van der Waals surface area contributed by atoms with E-state index in [-0.39, 0.29) is 5.78 Å². The molecule has 2 rings (SSSR count). The molecule has 1 aromatic carbocycles. The minimum absolute atomic E-state index is 0.0591. The molecule has 0 atom stereocenters. The first-order valence-corrected chi connectivity index (χ1v) is 5.31. The zero-order valence-corrected chi connectivity index (χ0v) is 9.66. The Balaban J connectivity index is 2.70. The number of aryl methyl sites for hydroxylation is 1. The number of Topliss-reactive ketones (excluding diaryl/α,β-unsaturated/α-hetero) is 1. The van der Waals surface area contributed by atoms with Crippen LogP contribution < -0.4 is 4.74 Å². The van der Waals surface area contributed by atoms with Crippen molar-refractivity contribution in [3.05, 3.63) is 29.5 Å². The van der Waals surface area contributed by atoms with E-state index in [1.165, 1.54) is 6.92 Å². The van der Waals surface area contributed by atoms with E-state index in [4.69, 9.17) is 9.15 Å². The van der Waals surface area contributed by atoms with E-state index in [9.17, 15) is 4.79 Å². The van der Waals surface area contributed by atoms with Crippen molar-refractivity contribution in [2.45, 2.75) is 20.8 Å². The van der Waals surface area contributed by atoms with Crippen molar-refractivity contribution in [1.82, 2.24) is 0 Å². The maximum Gasteiger partial charge on any atom is 0.195 e. The lowest BCUT2D eigenvalue weighted by Gasteiger charge is -2.02. The van der Waals surface area contributed by atoms with Gasteiger partial charge in [-0.15, -0.1) is 0 Å². The van der Waals surface area contributed by atoms with Crippen molar-refractivity contribution in [2.24, 2.45) is 0 Å². The van der Waals surface area contributed by atoms with Gasteiger partial charge < -0.3 is 9.15 Å². The molecule has 0 bridgehead atoms. The first kappa shape index (κ1) is 10.7. The molecule has 84 valence electrons. The SMILES string of the molecule is CCOc1cccc2c(C)c(C(C)=O)oc12. The number of fused-ring (bicyclic) bond motifs is 1. The maximum atomic E-state index is 11.4. The van der Waals surface area contributed by atoms with Crippen LogP contribution in [0.4, 0.5) is 0 Å². The Bertz CT molecular complexity index is 537. The molecular formula is C13H14O3. The quantitative estimate of drug-likeness (QED) is 0.742. The molecule has 3 nitrogen and oxygen atoms in total. The van der Waals surface area contributed by atoms with Gasteiger partial charge in [-0.05, 0) is 19.9 Å². The largest absolute Gasteiger partial charge is 0.490 e. The summed E-state index contributed by atoms with van der Waals surface area (Å²) in [6.45, 7) is 5.89. The fourth-order valence-electron chi connectivity index (χ4n) is 1.82. The summed E-state index contributed by atoms with van der Waals surface area (Å²) in [6, 6.07) is 5.68. The molecule has 2 aromatic rings. The smallest absolute Gasteiger partial charge is 0.195 e. The van der Waals surface area contributed by atoms with E-state index in [2.05, 4.69) is 0 Å². The van der Waals surface area contributed by atoms with E-state index in [1.54, 1.807) is 0 Å². The molecule has 1 heterocycles. The second-order valence-corrected chi connectivity index (χ2v) is 3.68. The standard InChI is InChI=1S/C13H14O3/c1-4-15-11-7-5-6-10-8(2)12(9(3)14)16-13(10)11/h5-7H,4H2,1-3H3. The number of rotatable bonds is 3. The van der Waals surface area contributed by atoms with Crippen LogP contribution in [0.5, 0.6) is 5.75 Å². The topological polar surface area (TPSA) is 39.4 Å². The van der Waals surface area contributed by atoms with Crippen molar-refractivity contribution < 1.29 is 13.9 Å². The Labute approximate surface area is 94.0 Å². The van der Waals surface area contributed by atoms with Crippen LogP contribution in [-0.2, 0) is 0 Å². The van der Waals surface area contributed by atoms with E-state index in [1.807, 2.05) is 32.0 Å². The highest BCUT2D eigenvalue weighted by Crippen LogP contribution is 2.32. The summed E-state index contributed by atoms with van der Waals surface area (Å²) in [5, 5.41) is 0.941. The van der Waals surface area contributed by atoms with Crippen molar-refractivity contribution in [3.8, 4) is 5.75 Å². The summed E-state index contributed by atoms with van der Waals surface area (Å²) in [5.41, 5.74) is 1.54. The van der Waals surface area contributed by atoms with Crippen LogP contribution in [0.3, 0.4) is 0 Å². The van der Waals surface area contributed by atoms with Crippen molar-refractivity contribution in [1.29, 1.82) is 0 Å². The lowest BCUT2D eigenvalue weighted by Crippen LogP contribution is -1.91. The van der Waals surface area contributed by atoms with Crippen LogP contribution in [0, 0.1) is 6.92 Å². The number of ether oxygens (including phenoxy) is 1. The molecule has 3 heteroatoms. The maximum absolute atomic E-state index is 11.4. The van der Waals surface area contributed by atoms with Gasteiger partial charge in [0.05, 0.1) is 6.61 Å².